The minimum absolute atomic E-state index is 0.270. The highest BCUT2D eigenvalue weighted by molar-refractivity contribution is 5.92. The van der Waals surface area contributed by atoms with Crippen LogP contribution in [-0.4, -0.2) is 52.5 Å². The highest BCUT2D eigenvalue weighted by Gasteiger charge is 2.38. The predicted molar refractivity (Wildman–Crippen MR) is 113 cm³/mol. The van der Waals surface area contributed by atoms with Crippen molar-refractivity contribution in [2.45, 2.75) is 43.8 Å². The Morgan fingerprint density at radius 1 is 1.00 bits per heavy atom. The first-order chi connectivity index (χ1) is 14.5. The number of benzene rings is 2. The van der Waals surface area contributed by atoms with Crippen molar-refractivity contribution in [3.05, 3.63) is 71.8 Å². The van der Waals surface area contributed by atoms with Gasteiger partial charge in [0.1, 0.15) is 12.1 Å². The third kappa shape index (κ3) is 5.45. The van der Waals surface area contributed by atoms with Crippen molar-refractivity contribution in [2.24, 2.45) is 5.73 Å². The number of nitrogens with two attached hydrogens (primary N) is 1. The molecule has 158 valence electrons. The van der Waals surface area contributed by atoms with Crippen LogP contribution in [0.5, 0.6) is 0 Å². The van der Waals surface area contributed by atoms with Crippen molar-refractivity contribution in [3.8, 4) is 0 Å². The van der Waals surface area contributed by atoms with Gasteiger partial charge in [-0.05, 0) is 30.4 Å². The fourth-order valence-corrected chi connectivity index (χ4v) is 3.78. The monoisotopic (exact) mass is 409 g/mol. The van der Waals surface area contributed by atoms with Crippen molar-refractivity contribution in [1.29, 1.82) is 0 Å². The lowest BCUT2D eigenvalue weighted by Crippen LogP contribution is -2.55. The second kappa shape index (κ2) is 10.0. The zero-order valence-corrected chi connectivity index (χ0v) is 16.7. The Hall–Kier alpha value is -3.19. The average molecular weight is 409 g/mol. The molecule has 1 aliphatic rings. The van der Waals surface area contributed by atoms with Gasteiger partial charge in [0.25, 0.3) is 0 Å². The van der Waals surface area contributed by atoms with E-state index in [0.717, 1.165) is 11.1 Å². The fourth-order valence-electron chi connectivity index (χ4n) is 3.78. The number of hydrogen-bond donors (Lipinski definition) is 3. The molecule has 1 aliphatic heterocycles. The van der Waals surface area contributed by atoms with E-state index in [1.54, 1.807) is 0 Å². The molecule has 3 atom stereocenters. The van der Waals surface area contributed by atoms with Crippen LogP contribution in [-0.2, 0) is 27.2 Å². The van der Waals surface area contributed by atoms with Gasteiger partial charge in [0.15, 0.2) is 0 Å². The number of aliphatic carboxylic acids is 1. The summed E-state index contributed by atoms with van der Waals surface area (Å²) < 4.78 is 0. The summed E-state index contributed by atoms with van der Waals surface area (Å²) in [6, 6.07) is 16.2. The van der Waals surface area contributed by atoms with Gasteiger partial charge >= 0.3 is 5.97 Å². The molecule has 2 aromatic rings. The first-order valence-electron chi connectivity index (χ1n) is 10.1. The Morgan fingerprint density at radius 2 is 1.57 bits per heavy atom. The van der Waals surface area contributed by atoms with E-state index in [9.17, 15) is 19.5 Å². The molecule has 2 amide bonds. The van der Waals surface area contributed by atoms with E-state index in [4.69, 9.17) is 5.73 Å². The Kier molecular flexibility index (Phi) is 7.19. The summed E-state index contributed by atoms with van der Waals surface area (Å²) in [6.45, 7) is 0.368. The largest absolute Gasteiger partial charge is 0.480 e. The number of carboxylic acid groups (broad SMARTS) is 1. The van der Waals surface area contributed by atoms with Gasteiger partial charge in [-0.3, -0.25) is 9.59 Å². The zero-order valence-electron chi connectivity index (χ0n) is 16.7. The SMILES string of the molecule is NC(Cc1ccccc1)C(=O)NC(Cc1ccccc1)C(=O)N1CCCC1C(=O)O. The second-order valence-electron chi connectivity index (χ2n) is 7.58. The number of nitrogens with zero attached hydrogens (tertiary/aromatic N) is 1. The molecule has 2 aromatic carbocycles. The summed E-state index contributed by atoms with van der Waals surface area (Å²) in [5, 5.41) is 12.2. The van der Waals surface area contributed by atoms with Crippen LogP contribution in [0.15, 0.2) is 60.7 Å². The fraction of sp³-hybridized carbons (Fsp3) is 0.348. The molecule has 0 saturated carbocycles. The second-order valence-corrected chi connectivity index (χ2v) is 7.58. The third-order valence-electron chi connectivity index (χ3n) is 5.35. The molecule has 0 radical (unpaired) electrons. The van der Waals surface area contributed by atoms with Crippen molar-refractivity contribution in [2.75, 3.05) is 6.54 Å². The molecular formula is C23H27N3O4. The zero-order chi connectivity index (χ0) is 21.5. The summed E-state index contributed by atoms with van der Waals surface area (Å²) in [6.07, 6.45) is 1.66. The third-order valence-corrected chi connectivity index (χ3v) is 5.35. The molecule has 1 saturated heterocycles. The number of likely N-dealkylation sites (tertiary alicyclic amines) is 1. The number of rotatable bonds is 8. The van der Waals surface area contributed by atoms with E-state index in [1.807, 2.05) is 60.7 Å². The maximum absolute atomic E-state index is 13.2. The molecule has 3 unspecified atom stereocenters. The van der Waals surface area contributed by atoms with E-state index in [1.165, 1.54) is 4.90 Å². The topological polar surface area (TPSA) is 113 Å². The minimum atomic E-state index is -1.02. The average Bonchev–Trinajstić information content (AvgIpc) is 3.24. The number of carboxylic acids is 1. The van der Waals surface area contributed by atoms with Gasteiger partial charge in [0.05, 0.1) is 6.04 Å². The van der Waals surface area contributed by atoms with Crippen LogP contribution in [0.1, 0.15) is 24.0 Å². The Morgan fingerprint density at radius 3 is 2.13 bits per heavy atom. The van der Waals surface area contributed by atoms with Gasteiger partial charge in [0.2, 0.25) is 11.8 Å². The number of carbonyl (C=O) groups is 3. The van der Waals surface area contributed by atoms with Gasteiger partial charge in [-0.15, -0.1) is 0 Å². The Labute approximate surface area is 175 Å². The van der Waals surface area contributed by atoms with Crippen LogP contribution in [0, 0.1) is 0 Å². The molecule has 3 rings (SSSR count). The molecule has 7 heteroatoms. The van der Waals surface area contributed by atoms with Crippen LogP contribution in [0.25, 0.3) is 0 Å². The summed E-state index contributed by atoms with van der Waals surface area (Å²) in [7, 11) is 0. The molecule has 1 fully saturated rings. The van der Waals surface area contributed by atoms with E-state index in [-0.39, 0.29) is 12.3 Å². The van der Waals surface area contributed by atoms with E-state index in [2.05, 4.69) is 5.32 Å². The molecule has 7 nitrogen and oxygen atoms in total. The Balaban J connectivity index is 1.74. The molecule has 4 N–H and O–H groups in total. The predicted octanol–water partition coefficient (Wildman–Crippen LogP) is 1.36. The Bertz CT molecular complexity index is 873. The number of hydrogen-bond acceptors (Lipinski definition) is 4. The highest BCUT2D eigenvalue weighted by Crippen LogP contribution is 2.19. The molecule has 30 heavy (non-hydrogen) atoms. The first-order valence-corrected chi connectivity index (χ1v) is 10.1. The van der Waals surface area contributed by atoms with E-state index >= 15 is 0 Å². The van der Waals surface area contributed by atoms with Gasteiger partial charge in [-0.25, -0.2) is 4.79 Å². The van der Waals surface area contributed by atoms with Crippen LogP contribution in [0.4, 0.5) is 0 Å². The lowest BCUT2D eigenvalue weighted by Gasteiger charge is -2.28. The van der Waals surface area contributed by atoms with Gasteiger partial charge in [-0.2, -0.15) is 0 Å². The normalized spacial score (nSPS) is 17.9. The van der Waals surface area contributed by atoms with Crippen LogP contribution < -0.4 is 11.1 Å². The van der Waals surface area contributed by atoms with Crippen molar-refractivity contribution in [3.63, 3.8) is 0 Å². The molecule has 0 aliphatic carbocycles. The summed E-state index contributed by atoms with van der Waals surface area (Å²) in [5.41, 5.74) is 7.89. The van der Waals surface area contributed by atoms with Crippen molar-refractivity contribution >= 4 is 17.8 Å². The van der Waals surface area contributed by atoms with E-state index in [0.29, 0.717) is 25.8 Å². The molecule has 0 spiro atoms. The molecule has 0 bridgehead atoms. The number of nitrogens with one attached hydrogen (secondary N) is 1. The van der Waals surface area contributed by atoms with Gasteiger partial charge < -0.3 is 21.1 Å². The van der Waals surface area contributed by atoms with Crippen LogP contribution in [0.3, 0.4) is 0 Å². The standard InChI is InChI=1S/C23H27N3O4/c24-18(14-16-8-3-1-4-9-16)21(27)25-19(15-17-10-5-2-6-11-17)22(28)26-13-7-12-20(26)23(29)30/h1-6,8-11,18-20H,7,12-15,24H2,(H,25,27)(H,29,30). The van der Waals surface area contributed by atoms with Crippen LogP contribution >= 0.6 is 0 Å². The van der Waals surface area contributed by atoms with Crippen LogP contribution in [0.2, 0.25) is 0 Å². The van der Waals surface area contributed by atoms with Gasteiger partial charge in [0, 0.05) is 13.0 Å². The number of carbonyl (C=O) groups excluding carboxylic acids is 2. The quantitative estimate of drug-likeness (QED) is 0.609. The summed E-state index contributed by atoms with van der Waals surface area (Å²) >= 11 is 0. The lowest BCUT2D eigenvalue weighted by atomic mass is 10.0. The molecular weight excluding hydrogens is 382 g/mol. The summed E-state index contributed by atoms with van der Waals surface area (Å²) in [5.74, 6) is -1.84. The lowest BCUT2D eigenvalue weighted by molar-refractivity contribution is -0.149. The van der Waals surface area contributed by atoms with Crippen molar-refractivity contribution in [1.82, 2.24) is 10.2 Å². The van der Waals surface area contributed by atoms with Crippen molar-refractivity contribution < 1.29 is 19.5 Å². The maximum Gasteiger partial charge on any atom is 0.326 e. The first kappa shape index (κ1) is 21.5. The molecule has 0 aromatic heterocycles. The minimum Gasteiger partial charge on any atom is -0.480 e. The molecule has 1 heterocycles. The summed E-state index contributed by atoms with van der Waals surface area (Å²) in [4.78, 5) is 38.8. The maximum atomic E-state index is 13.2. The van der Waals surface area contributed by atoms with E-state index < -0.39 is 30.0 Å². The number of amides is 2. The highest BCUT2D eigenvalue weighted by atomic mass is 16.4. The van der Waals surface area contributed by atoms with Gasteiger partial charge in [-0.1, -0.05) is 60.7 Å². The smallest absolute Gasteiger partial charge is 0.326 e.